The lowest BCUT2D eigenvalue weighted by molar-refractivity contribution is 0.415. The average Bonchev–Trinajstić information content (AvgIpc) is 2.57. The summed E-state index contributed by atoms with van der Waals surface area (Å²) < 4.78 is 0. The van der Waals surface area contributed by atoms with Crippen LogP contribution in [0.5, 0.6) is 0 Å². The van der Waals surface area contributed by atoms with E-state index in [0.717, 1.165) is 23.2 Å². The van der Waals surface area contributed by atoms with Crippen molar-refractivity contribution in [1.29, 1.82) is 0 Å². The van der Waals surface area contributed by atoms with E-state index >= 15 is 0 Å². The molecule has 1 aromatic heterocycles. The van der Waals surface area contributed by atoms with E-state index in [4.69, 9.17) is 12.2 Å². The zero-order chi connectivity index (χ0) is 16.1. The summed E-state index contributed by atoms with van der Waals surface area (Å²) in [6.45, 7) is 3.40. The zero-order valence-corrected chi connectivity index (χ0v) is 14.9. The number of hydrogen-bond donors (Lipinski definition) is 2. The molecule has 5 heteroatoms. The SMILES string of the molecule is CC1CCCCN1c1ccc(NC(=S)NC2CCCCC2)cn1. The van der Waals surface area contributed by atoms with Crippen LogP contribution in [-0.2, 0) is 0 Å². The van der Waals surface area contributed by atoms with E-state index in [-0.39, 0.29) is 0 Å². The molecule has 0 spiro atoms. The van der Waals surface area contributed by atoms with Gasteiger partial charge in [0.1, 0.15) is 5.82 Å². The first-order valence-corrected chi connectivity index (χ1v) is 9.43. The van der Waals surface area contributed by atoms with Crippen LogP contribution in [0.2, 0.25) is 0 Å². The van der Waals surface area contributed by atoms with Gasteiger partial charge >= 0.3 is 0 Å². The van der Waals surface area contributed by atoms with Gasteiger partial charge in [-0.1, -0.05) is 19.3 Å². The Kier molecular flexibility index (Phi) is 5.70. The number of rotatable bonds is 3. The van der Waals surface area contributed by atoms with Crippen molar-refractivity contribution in [3.05, 3.63) is 18.3 Å². The van der Waals surface area contributed by atoms with Crippen molar-refractivity contribution in [2.24, 2.45) is 0 Å². The summed E-state index contributed by atoms with van der Waals surface area (Å²) in [5, 5.41) is 7.42. The summed E-state index contributed by atoms with van der Waals surface area (Å²) in [5.74, 6) is 1.08. The Morgan fingerprint density at radius 3 is 2.61 bits per heavy atom. The average molecular weight is 333 g/mol. The number of nitrogens with zero attached hydrogens (tertiary/aromatic N) is 2. The van der Waals surface area contributed by atoms with Crippen LogP contribution in [0.4, 0.5) is 11.5 Å². The van der Waals surface area contributed by atoms with Crippen molar-refractivity contribution < 1.29 is 0 Å². The van der Waals surface area contributed by atoms with Gasteiger partial charge < -0.3 is 15.5 Å². The lowest BCUT2D eigenvalue weighted by atomic mass is 9.96. The highest BCUT2D eigenvalue weighted by atomic mass is 32.1. The summed E-state index contributed by atoms with van der Waals surface area (Å²) in [6.07, 6.45) is 12.2. The molecule has 2 N–H and O–H groups in total. The Hall–Kier alpha value is -1.36. The fourth-order valence-electron chi connectivity index (χ4n) is 3.67. The van der Waals surface area contributed by atoms with Crippen LogP contribution in [0.1, 0.15) is 58.3 Å². The minimum Gasteiger partial charge on any atom is -0.360 e. The molecule has 0 radical (unpaired) electrons. The van der Waals surface area contributed by atoms with E-state index in [0.29, 0.717) is 12.1 Å². The third kappa shape index (κ3) is 4.56. The zero-order valence-electron chi connectivity index (χ0n) is 14.1. The van der Waals surface area contributed by atoms with E-state index in [1.165, 1.54) is 51.4 Å². The van der Waals surface area contributed by atoms with E-state index in [9.17, 15) is 0 Å². The van der Waals surface area contributed by atoms with Gasteiger partial charge in [-0.2, -0.15) is 0 Å². The molecule has 1 unspecified atom stereocenters. The maximum Gasteiger partial charge on any atom is 0.171 e. The molecule has 1 aliphatic carbocycles. The van der Waals surface area contributed by atoms with Gasteiger partial charge in [-0.3, -0.25) is 0 Å². The second-order valence-electron chi connectivity index (χ2n) is 6.88. The fourth-order valence-corrected chi connectivity index (χ4v) is 3.95. The predicted molar refractivity (Wildman–Crippen MR) is 101 cm³/mol. The van der Waals surface area contributed by atoms with E-state index in [2.05, 4.69) is 39.6 Å². The van der Waals surface area contributed by atoms with Gasteiger partial charge in [-0.25, -0.2) is 4.98 Å². The molecule has 0 amide bonds. The molecule has 0 aromatic carbocycles. The van der Waals surface area contributed by atoms with Crippen LogP contribution >= 0.6 is 12.2 Å². The quantitative estimate of drug-likeness (QED) is 0.816. The number of hydrogen-bond acceptors (Lipinski definition) is 3. The molecule has 1 saturated heterocycles. The Balaban J connectivity index is 1.53. The lowest BCUT2D eigenvalue weighted by Gasteiger charge is -2.34. The van der Waals surface area contributed by atoms with Crippen LogP contribution in [0, 0.1) is 0 Å². The monoisotopic (exact) mass is 332 g/mol. The highest BCUT2D eigenvalue weighted by Gasteiger charge is 2.19. The van der Waals surface area contributed by atoms with Crippen LogP contribution < -0.4 is 15.5 Å². The molecule has 0 bridgehead atoms. The highest BCUT2D eigenvalue weighted by molar-refractivity contribution is 7.80. The molecule has 1 aromatic rings. The van der Waals surface area contributed by atoms with Gasteiger partial charge in [-0.15, -0.1) is 0 Å². The molecule has 3 rings (SSSR count). The molecule has 23 heavy (non-hydrogen) atoms. The summed E-state index contributed by atoms with van der Waals surface area (Å²) >= 11 is 5.43. The standard InChI is InChI=1S/C18H28N4S/c1-14-7-5-6-12-22(14)17-11-10-16(13-19-17)21-18(23)20-15-8-3-2-4-9-15/h10-11,13-15H,2-9,12H2,1H3,(H2,20,21,23). The van der Waals surface area contributed by atoms with Crippen molar-refractivity contribution in [3.63, 3.8) is 0 Å². The van der Waals surface area contributed by atoms with E-state index < -0.39 is 0 Å². The molecular formula is C18H28N4S. The van der Waals surface area contributed by atoms with Gasteiger partial charge in [0.15, 0.2) is 5.11 Å². The molecule has 2 heterocycles. The molecule has 4 nitrogen and oxygen atoms in total. The van der Waals surface area contributed by atoms with Crippen molar-refractivity contribution in [2.75, 3.05) is 16.8 Å². The summed E-state index contributed by atoms with van der Waals surface area (Å²) in [7, 11) is 0. The summed E-state index contributed by atoms with van der Waals surface area (Å²) in [4.78, 5) is 7.04. The van der Waals surface area contributed by atoms with E-state index in [1.54, 1.807) is 0 Å². The number of anilines is 2. The van der Waals surface area contributed by atoms with Gasteiger partial charge in [0.25, 0.3) is 0 Å². The number of piperidine rings is 1. The van der Waals surface area contributed by atoms with E-state index in [1.807, 2.05) is 6.20 Å². The van der Waals surface area contributed by atoms with Crippen LogP contribution in [0.3, 0.4) is 0 Å². The lowest BCUT2D eigenvalue weighted by Crippen LogP contribution is -2.39. The third-order valence-electron chi connectivity index (χ3n) is 5.04. The summed E-state index contributed by atoms with van der Waals surface area (Å²) in [5.41, 5.74) is 0.965. The van der Waals surface area contributed by atoms with Crippen LogP contribution in [-0.4, -0.2) is 28.7 Å². The van der Waals surface area contributed by atoms with Crippen molar-refractivity contribution >= 4 is 28.8 Å². The van der Waals surface area contributed by atoms with Gasteiger partial charge in [0.05, 0.1) is 11.9 Å². The summed E-state index contributed by atoms with van der Waals surface area (Å²) in [6, 6.07) is 5.31. The predicted octanol–water partition coefficient (Wildman–Crippen LogP) is 4.08. The first-order chi connectivity index (χ1) is 11.2. The fraction of sp³-hybridized carbons (Fsp3) is 0.667. The van der Waals surface area contributed by atoms with Gasteiger partial charge in [0.2, 0.25) is 0 Å². The number of pyridine rings is 1. The number of nitrogens with one attached hydrogen (secondary N) is 2. The smallest absolute Gasteiger partial charge is 0.171 e. The Labute approximate surface area is 145 Å². The minimum atomic E-state index is 0.533. The van der Waals surface area contributed by atoms with Crippen LogP contribution in [0.25, 0.3) is 0 Å². The second-order valence-corrected chi connectivity index (χ2v) is 7.28. The first kappa shape index (κ1) is 16.5. The highest BCUT2D eigenvalue weighted by Crippen LogP contribution is 2.23. The number of aromatic nitrogens is 1. The van der Waals surface area contributed by atoms with Crippen molar-refractivity contribution in [3.8, 4) is 0 Å². The topological polar surface area (TPSA) is 40.2 Å². The molecule has 126 valence electrons. The van der Waals surface area contributed by atoms with Gasteiger partial charge in [-0.05, 0) is 63.4 Å². The normalized spacial score (nSPS) is 22.7. The van der Waals surface area contributed by atoms with Gasteiger partial charge in [0, 0.05) is 18.6 Å². The molecule has 1 saturated carbocycles. The molecule has 1 aliphatic heterocycles. The maximum absolute atomic E-state index is 5.43. The first-order valence-electron chi connectivity index (χ1n) is 9.02. The number of thiocarbonyl (C=S) groups is 1. The molecular weight excluding hydrogens is 304 g/mol. The largest absolute Gasteiger partial charge is 0.360 e. The maximum atomic E-state index is 5.43. The van der Waals surface area contributed by atoms with Crippen LogP contribution in [0.15, 0.2) is 18.3 Å². The molecule has 2 aliphatic rings. The Bertz CT molecular complexity index is 510. The Morgan fingerprint density at radius 1 is 1.13 bits per heavy atom. The Morgan fingerprint density at radius 2 is 1.91 bits per heavy atom. The molecule has 2 fully saturated rings. The van der Waals surface area contributed by atoms with Crippen molar-refractivity contribution in [1.82, 2.24) is 10.3 Å². The molecule has 1 atom stereocenters. The van der Waals surface area contributed by atoms with Crippen molar-refractivity contribution in [2.45, 2.75) is 70.4 Å². The minimum absolute atomic E-state index is 0.533. The second kappa shape index (κ2) is 7.95. The third-order valence-corrected chi connectivity index (χ3v) is 5.26.